The molecule has 1 N–H and O–H groups in total. The number of rotatable bonds is 4. The predicted molar refractivity (Wildman–Crippen MR) is 67.9 cm³/mol. The average Bonchev–Trinajstić information content (AvgIpc) is 2.40. The first-order chi connectivity index (χ1) is 9.20. The second-order valence-corrected chi connectivity index (χ2v) is 3.83. The maximum absolute atomic E-state index is 11.7. The first-order valence-corrected chi connectivity index (χ1v) is 5.85. The van der Waals surface area contributed by atoms with Crippen LogP contribution in [-0.2, 0) is 11.2 Å². The third kappa shape index (κ3) is 3.25. The summed E-state index contributed by atoms with van der Waals surface area (Å²) in [5.74, 6) is -0.170. The van der Waals surface area contributed by atoms with Crippen molar-refractivity contribution in [3.8, 4) is 0 Å². The van der Waals surface area contributed by atoms with Crippen LogP contribution >= 0.6 is 0 Å². The number of ether oxygens (including phenoxy) is 1. The Bertz CT molecular complexity index is 623. The van der Waals surface area contributed by atoms with Crippen LogP contribution in [0.15, 0.2) is 35.5 Å². The molecule has 0 aliphatic carbocycles. The van der Waals surface area contributed by atoms with Gasteiger partial charge in [-0.05, 0) is 24.6 Å². The van der Waals surface area contributed by atoms with Crippen LogP contribution in [-0.4, -0.2) is 27.5 Å². The zero-order chi connectivity index (χ0) is 13.7. The van der Waals surface area contributed by atoms with E-state index < -0.39 is 11.5 Å². The molecule has 98 valence electrons. The Morgan fingerprint density at radius 2 is 2.11 bits per heavy atom. The van der Waals surface area contributed by atoms with Gasteiger partial charge in [0.25, 0.3) is 5.56 Å². The van der Waals surface area contributed by atoms with Gasteiger partial charge in [-0.25, -0.2) is 9.78 Å². The Labute approximate surface area is 109 Å². The Kier molecular flexibility index (Phi) is 4.02. The molecular weight excluding hydrogens is 246 g/mol. The van der Waals surface area contributed by atoms with Crippen LogP contribution in [0.5, 0.6) is 0 Å². The highest BCUT2D eigenvalue weighted by Gasteiger charge is 2.12. The second-order valence-electron chi connectivity index (χ2n) is 3.83. The van der Waals surface area contributed by atoms with E-state index in [9.17, 15) is 9.59 Å². The van der Waals surface area contributed by atoms with Crippen LogP contribution in [0.2, 0.25) is 0 Å². The van der Waals surface area contributed by atoms with Gasteiger partial charge in [-0.1, -0.05) is 0 Å². The van der Waals surface area contributed by atoms with Gasteiger partial charge in [0.2, 0.25) is 0 Å². The summed E-state index contributed by atoms with van der Waals surface area (Å²) in [6.45, 7) is 1.90. The maximum atomic E-state index is 11.7. The highest BCUT2D eigenvalue weighted by Crippen LogP contribution is 2.03. The Morgan fingerprint density at radius 1 is 1.37 bits per heavy atom. The molecule has 6 heteroatoms. The topological polar surface area (TPSA) is 84.9 Å². The van der Waals surface area contributed by atoms with Crippen LogP contribution in [0.3, 0.4) is 0 Å². The van der Waals surface area contributed by atoms with E-state index in [1.807, 2.05) is 12.1 Å². The Morgan fingerprint density at radius 3 is 2.74 bits per heavy atom. The number of esters is 1. The van der Waals surface area contributed by atoms with E-state index in [1.54, 1.807) is 19.3 Å². The minimum absolute atomic E-state index is 0.0830. The van der Waals surface area contributed by atoms with E-state index in [2.05, 4.69) is 15.0 Å². The molecular formula is C13H13N3O3. The van der Waals surface area contributed by atoms with Crippen molar-refractivity contribution in [3.05, 3.63) is 58.0 Å². The van der Waals surface area contributed by atoms with E-state index >= 15 is 0 Å². The van der Waals surface area contributed by atoms with E-state index in [0.29, 0.717) is 12.2 Å². The molecule has 0 fully saturated rings. The number of pyridine rings is 1. The van der Waals surface area contributed by atoms with Crippen molar-refractivity contribution in [2.45, 2.75) is 13.3 Å². The van der Waals surface area contributed by atoms with Gasteiger partial charge in [-0.2, -0.15) is 0 Å². The smallest absolute Gasteiger partial charge is 0.345 e. The molecule has 0 aliphatic heterocycles. The average molecular weight is 259 g/mol. The van der Waals surface area contributed by atoms with Gasteiger partial charge >= 0.3 is 5.97 Å². The molecule has 6 nitrogen and oxygen atoms in total. The zero-order valence-corrected chi connectivity index (χ0v) is 10.4. The van der Waals surface area contributed by atoms with E-state index in [-0.39, 0.29) is 12.2 Å². The predicted octanol–water partition coefficient (Wildman–Crippen LogP) is 0.932. The van der Waals surface area contributed by atoms with Gasteiger partial charge in [-0.15, -0.1) is 0 Å². The summed E-state index contributed by atoms with van der Waals surface area (Å²) in [4.78, 5) is 33.7. The number of nitrogens with zero attached hydrogens (tertiary/aromatic N) is 2. The Hall–Kier alpha value is -2.50. The number of hydrogen-bond donors (Lipinski definition) is 1. The number of nitrogens with one attached hydrogen (secondary N) is 1. The molecule has 2 rings (SSSR count). The number of H-pyrrole nitrogens is 1. The molecule has 0 spiro atoms. The number of carbonyl (C=O) groups excluding carboxylic acids is 1. The molecule has 2 aromatic rings. The van der Waals surface area contributed by atoms with Gasteiger partial charge in [-0.3, -0.25) is 9.78 Å². The summed E-state index contributed by atoms with van der Waals surface area (Å²) in [6, 6.07) is 3.67. The summed E-state index contributed by atoms with van der Waals surface area (Å²) in [6.07, 6.45) is 5.05. The lowest BCUT2D eigenvalue weighted by Gasteiger charge is -2.03. The fraction of sp³-hybridized carbons (Fsp3) is 0.231. The normalized spacial score (nSPS) is 10.2. The quantitative estimate of drug-likeness (QED) is 0.826. The molecule has 19 heavy (non-hydrogen) atoms. The summed E-state index contributed by atoms with van der Waals surface area (Å²) >= 11 is 0. The van der Waals surface area contributed by atoms with Crippen molar-refractivity contribution in [1.82, 2.24) is 15.0 Å². The standard InChI is InChI=1S/C13H13N3O3/c1-2-19-13(18)10-8-15-11(16-12(10)17)7-9-3-5-14-6-4-9/h3-6,8H,2,7H2,1H3,(H,15,16,17). The molecule has 0 bridgehead atoms. The summed E-state index contributed by atoms with van der Waals surface area (Å²) in [5.41, 5.74) is 0.403. The number of carbonyl (C=O) groups is 1. The summed E-state index contributed by atoms with van der Waals surface area (Å²) in [7, 11) is 0. The van der Waals surface area contributed by atoms with E-state index in [1.165, 1.54) is 6.20 Å². The SMILES string of the molecule is CCOC(=O)c1cnc(Cc2ccncc2)[nH]c1=O. The van der Waals surface area contributed by atoms with Crippen LogP contribution < -0.4 is 5.56 Å². The molecule has 0 amide bonds. The first kappa shape index (κ1) is 12.9. The van der Waals surface area contributed by atoms with Gasteiger partial charge in [0.15, 0.2) is 0 Å². The molecule has 2 aromatic heterocycles. The van der Waals surface area contributed by atoms with Crippen molar-refractivity contribution >= 4 is 5.97 Å². The number of aromatic amines is 1. The maximum Gasteiger partial charge on any atom is 0.345 e. The van der Waals surface area contributed by atoms with Gasteiger partial charge in [0.05, 0.1) is 6.61 Å². The van der Waals surface area contributed by atoms with Gasteiger partial charge in [0, 0.05) is 25.0 Å². The van der Waals surface area contributed by atoms with Crippen LogP contribution in [0.25, 0.3) is 0 Å². The molecule has 0 aromatic carbocycles. The third-order valence-corrected chi connectivity index (χ3v) is 2.47. The first-order valence-electron chi connectivity index (χ1n) is 5.85. The minimum Gasteiger partial charge on any atom is -0.462 e. The highest BCUT2D eigenvalue weighted by molar-refractivity contribution is 5.88. The zero-order valence-electron chi connectivity index (χ0n) is 10.4. The highest BCUT2D eigenvalue weighted by atomic mass is 16.5. The lowest BCUT2D eigenvalue weighted by Crippen LogP contribution is -2.22. The van der Waals surface area contributed by atoms with Crippen molar-refractivity contribution < 1.29 is 9.53 Å². The molecule has 0 saturated carbocycles. The van der Waals surface area contributed by atoms with Crippen LogP contribution in [0.4, 0.5) is 0 Å². The minimum atomic E-state index is -0.660. The number of hydrogen-bond acceptors (Lipinski definition) is 5. The van der Waals surface area contributed by atoms with Crippen molar-refractivity contribution in [2.24, 2.45) is 0 Å². The van der Waals surface area contributed by atoms with Crippen LogP contribution in [0.1, 0.15) is 28.7 Å². The summed E-state index contributed by atoms with van der Waals surface area (Å²) in [5, 5.41) is 0. The molecule has 0 unspecified atom stereocenters. The fourth-order valence-corrected chi connectivity index (χ4v) is 1.57. The van der Waals surface area contributed by atoms with Crippen molar-refractivity contribution in [2.75, 3.05) is 6.61 Å². The largest absolute Gasteiger partial charge is 0.462 e. The lowest BCUT2D eigenvalue weighted by atomic mass is 10.2. The van der Waals surface area contributed by atoms with Crippen molar-refractivity contribution in [1.29, 1.82) is 0 Å². The van der Waals surface area contributed by atoms with Gasteiger partial charge in [0.1, 0.15) is 11.4 Å². The van der Waals surface area contributed by atoms with Crippen LogP contribution in [0, 0.1) is 0 Å². The fourth-order valence-electron chi connectivity index (χ4n) is 1.57. The monoisotopic (exact) mass is 259 g/mol. The van der Waals surface area contributed by atoms with Crippen molar-refractivity contribution in [3.63, 3.8) is 0 Å². The third-order valence-electron chi connectivity index (χ3n) is 2.47. The molecule has 0 radical (unpaired) electrons. The van der Waals surface area contributed by atoms with E-state index in [4.69, 9.17) is 4.74 Å². The molecule has 0 saturated heterocycles. The van der Waals surface area contributed by atoms with E-state index in [0.717, 1.165) is 5.56 Å². The molecule has 2 heterocycles. The molecule has 0 aliphatic rings. The summed E-state index contributed by atoms with van der Waals surface area (Å²) < 4.78 is 4.76. The van der Waals surface area contributed by atoms with Gasteiger partial charge < -0.3 is 9.72 Å². The number of aromatic nitrogens is 3. The Balaban J connectivity index is 2.20. The molecule has 0 atom stereocenters. The second kappa shape index (κ2) is 5.90. The lowest BCUT2D eigenvalue weighted by molar-refractivity contribution is 0.0523.